The highest BCUT2D eigenvalue weighted by atomic mass is 16.5. The molecule has 0 spiro atoms. The zero-order chi connectivity index (χ0) is 14.8. The fourth-order valence-electron chi connectivity index (χ4n) is 4.30. The molecule has 0 saturated carbocycles. The molecule has 1 aromatic heterocycles. The maximum absolute atomic E-state index is 5.45. The van der Waals surface area contributed by atoms with E-state index in [9.17, 15) is 0 Å². The molecule has 0 saturated heterocycles. The van der Waals surface area contributed by atoms with Crippen molar-refractivity contribution < 1.29 is 4.74 Å². The molecule has 0 N–H and O–H groups in total. The Morgan fingerprint density at radius 3 is 2.71 bits per heavy atom. The summed E-state index contributed by atoms with van der Waals surface area (Å²) in [6.45, 7) is 4.64. The van der Waals surface area contributed by atoms with Crippen LogP contribution in [0.2, 0.25) is 0 Å². The maximum Gasteiger partial charge on any atom is 0.119 e. The molecule has 0 aliphatic carbocycles. The minimum absolute atomic E-state index is 0.0324. The number of methoxy groups -OCH3 is 1. The molecular weight excluding hydrogens is 260 g/mol. The lowest BCUT2D eigenvalue weighted by Crippen LogP contribution is -2.51. The van der Waals surface area contributed by atoms with Crippen LogP contribution in [0, 0.1) is 0 Å². The summed E-state index contributed by atoms with van der Waals surface area (Å²) < 4.78 is 5.45. The molecule has 0 amide bonds. The second-order valence-corrected chi connectivity index (χ2v) is 6.53. The van der Waals surface area contributed by atoms with Crippen LogP contribution in [0.25, 0.3) is 0 Å². The van der Waals surface area contributed by atoms with Crippen LogP contribution in [0.1, 0.15) is 36.1 Å². The van der Waals surface area contributed by atoms with Gasteiger partial charge in [0.15, 0.2) is 0 Å². The van der Waals surface area contributed by atoms with Crippen molar-refractivity contribution in [3.63, 3.8) is 0 Å². The third-order valence-corrected chi connectivity index (χ3v) is 5.71. The Morgan fingerprint density at radius 2 is 1.95 bits per heavy atom. The Labute approximate surface area is 125 Å². The van der Waals surface area contributed by atoms with Crippen LogP contribution in [0.3, 0.4) is 0 Å². The summed E-state index contributed by atoms with van der Waals surface area (Å²) in [7, 11) is 3.95. The number of rotatable bonds is 1. The first-order valence-electron chi connectivity index (χ1n) is 7.38. The summed E-state index contributed by atoms with van der Waals surface area (Å²) >= 11 is 0. The second-order valence-electron chi connectivity index (χ2n) is 6.53. The van der Waals surface area contributed by atoms with E-state index in [1.165, 1.54) is 22.3 Å². The van der Waals surface area contributed by atoms with Gasteiger partial charge in [0.25, 0.3) is 0 Å². The maximum atomic E-state index is 5.45. The summed E-state index contributed by atoms with van der Waals surface area (Å²) in [4.78, 5) is 6.87. The number of pyridine rings is 1. The van der Waals surface area contributed by atoms with E-state index in [0.717, 1.165) is 12.2 Å². The van der Waals surface area contributed by atoms with E-state index in [1.807, 2.05) is 12.4 Å². The first kappa shape index (κ1) is 12.8. The van der Waals surface area contributed by atoms with Crippen LogP contribution in [0.4, 0.5) is 0 Å². The average molecular weight is 280 g/mol. The molecule has 2 bridgehead atoms. The quantitative estimate of drug-likeness (QED) is 0.802. The van der Waals surface area contributed by atoms with Crippen LogP contribution >= 0.6 is 0 Å². The van der Waals surface area contributed by atoms with Gasteiger partial charge < -0.3 is 4.74 Å². The van der Waals surface area contributed by atoms with Crippen molar-refractivity contribution in [2.24, 2.45) is 0 Å². The van der Waals surface area contributed by atoms with Crippen LogP contribution in [-0.2, 0) is 17.5 Å². The lowest BCUT2D eigenvalue weighted by Gasteiger charge is -2.47. The predicted molar refractivity (Wildman–Crippen MR) is 82.5 cm³/mol. The van der Waals surface area contributed by atoms with E-state index in [2.05, 4.69) is 55.0 Å². The van der Waals surface area contributed by atoms with E-state index >= 15 is 0 Å². The molecule has 0 radical (unpaired) electrons. The van der Waals surface area contributed by atoms with E-state index < -0.39 is 0 Å². The molecule has 2 aliphatic heterocycles. The molecule has 3 heterocycles. The average Bonchev–Trinajstić information content (AvgIpc) is 2.62. The lowest BCUT2D eigenvalue weighted by atomic mass is 9.79. The van der Waals surface area contributed by atoms with Crippen LogP contribution in [0.15, 0.2) is 36.7 Å². The van der Waals surface area contributed by atoms with E-state index in [-0.39, 0.29) is 11.1 Å². The molecule has 2 aromatic rings. The predicted octanol–water partition coefficient (Wildman–Crippen LogP) is 3.07. The van der Waals surface area contributed by atoms with Gasteiger partial charge in [-0.15, -0.1) is 0 Å². The Kier molecular flexibility index (Phi) is 2.36. The van der Waals surface area contributed by atoms with Crippen molar-refractivity contribution in [1.29, 1.82) is 0 Å². The normalized spacial score (nSPS) is 29.9. The van der Waals surface area contributed by atoms with Gasteiger partial charge in [0.2, 0.25) is 0 Å². The van der Waals surface area contributed by atoms with Crippen molar-refractivity contribution in [1.82, 2.24) is 9.88 Å². The topological polar surface area (TPSA) is 25.4 Å². The summed E-state index contributed by atoms with van der Waals surface area (Å²) in [6.07, 6.45) is 4.96. The Morgan fingerprint density at radius 1 is 1.14 bits per heavy atom. The second kappa shape index (κ2) is 3.86. The van der Waals surface area contributed by atoms with Crippen LogP contribution in [-0.4, -0.2) is 24.0 Å². The fourth-order valence-corrected chi connectivity index (χ4v) is 4.30. The van der Waals surface area contributed by atoms with Gasteiger partial charge in [-0.2, -0.15) is 0 Å². The number of nitrogens with zero attached hydrogens (tertiary/aromatic N) is 2. The molecule has 2 atom stereocenters. The molecule has 4 rings (SSSR count). The van der Waals surface area contributed by atoms with E-state index in [1.54, 1.807) is 7.11 Å². The smallest absolute Gasteiger partial charge is 0.119 e. The van der Waals surface area contributed by atoms with E-state index in [4.69, 9.17) is 4.74 Å². The molecule has 3 heteroatoms. The number of hydrogen-bond acceptors (Lipinski definition) is 3. The molecule has 21 heavy (non-hydrogen) atoms. The van der Waals surface area contributed by atoms with Crippen molar-refractivity contribution in [2.45, 2.75) is 31.3 Å². The largest absolute Gasteiger partial charge is 0.497 e. The zero-order valence-electron chi connectivity index (χ0n) is 13.0. The Bertz CT molecular complexity index is 742. The summed E-state index contributed by atoms with van der Waals surface area (Å²) in [6, 6.07) is 8.67. The van der Waals surface area contributed by atoms with Gasteiger partial charge in [-0.1, -0.05) is 6.07 Å². The monoisotopic (exact) mass is 280 g/mol. The van der Waals surface area contributed by atoms with E-state index in [0.29, 0.717) is 0 Å². The van der Waals surface area contributed by atoms with Gasteiger partial charge in [0.1, 0.15) is 5.75 Å². The minimum Gasteiger partial charge on any atom is -0.497 e. The SMILES string of the molecule is COc1ccc2c(c1)C1(C)c3cnccc3CC2(C)N1C. The first-order valence-corrected chi connectivity index (χ1v) is 7.38. The van der Waals surface area contributed by atoms with Gasteiger partial charge in [0.05, 0.1) is 12.6 Å². The molecule has 0 fully saturated rings. The number of fused-ring (bicyclic) bond motifs is 7. The van der Waals surface area contributed by atoms with Gasteiger partial charge in [0, 0.05) is 17.9 Å². The molecule has 3 nitrogen and oxygen atoms in total. The summed E-state index contributed by atoms with van der Waals surface area (Å²) in [5.74, 6) is 0.921. The van der Waals surface area contributed by atoms with Crippen molar-refractivity contribution in [2.75, 3.05) is 14.2 Å². The molecule has 2 aliphatic rings. The highest BCUT2D eigenvalue weighted by Crippen LogP contribution is 2.57. The zero-order valence-corrected chi connectivity index (χ0v) is 13.0. The Hall–Kier alpha value is -1.87. The molecule has 1 aromatic carbocycles. The van der Waals surface area contributed by atoms with Crippen LogP contribution < -0.4 is 4.74 Å². The Balaban J connectivity index is 2.08. The van der Waals surface area contributed by atoms with Crippen molar-refractivity contribution in [3.05, 3.63) is 58.9 Å². The van der Waals surface area contributed by atoms with Crippen molar-refractivity contribution >= 4 is 0 Å². The minimum atomic E-state index is -0.138. The van der Waals surface area contributed by atoms with Gasteiger partial charge >= 0.3 is 0 Å². The summed E-state index contributed by atoms with van der Waals surface area (Å²) in [5, 5.41) is 0. The third kappa shape index (κ3) is 1.35. The number of aromatic nitrogens is 1. The van der Waals surface area contributed by atoms with Crippen LogP contribution in [0.5, 0.6) is 5.75 Å². The number of hydrogen-bond donors (Lipinski definition) is 0. The molecule has 2 unspecified atom stereocenters. The third-order valence-electron chi connectivity index (χ3n) is 5.71. The highest BCUT2D eigenvalue weighted by Gasteiger charge is 2.56. The number of ether oxygens (including phenoxy) is 1. The first-order chi connectivity index (χ1) is 10.0. The fraction of sp³-hybridized carbons (Fsp3) is 0.389. The number of likely N-dealkylation sites (N-methyl/N-ethyl adjacent to an activating group) is 1. The van der Waals surface area contributed by atoms with Gasteiger partial charge in [-0.05, 0) is 67.8 Å². The van der Waals surface area contributed by atoms with Gasteiger partial charge in [-0.3, -0.25) is 9.88 Å². The highest BCUT2D eigenvalue weighted by molar-refractivity contribution is 5.57. The van der Waals surface area contributed by atoms with Gasteiger partial charge in [-0.25, -0.2) is 0 Å². The standard InChI is InChI=1S/C18H20N2O/c1-17-10-12-7-8-19-11-16(12)18(2,20(17)3)15-9-13(21-4)5-6-14(15)17/h5-9,11H,10H2,1-4H3. The lowest BCUT2D eigenvalue weighted by molar-refractivity contribution is 0.0572. The summed E-state index contributed by atoms with van der Waals surface area (Å²) in [5.41, 5.74) is 5.37. The van der Waals surface area contributed by atoms with Crippen molar-refractivity contribution in [3.8, 4) is 5.75 Å². The molecular formula is C18H20N2O. The molecule has 108 valence electrons. The number of benzene rings is 1.